The predicted molar refractivity (Wildman–Crippen MR) is 344 cm³/mol. The third-order valence-corrected chi connectivity index (χ3v) is 18.2. The summed E-state index contributed by atoms with van der Waals surface area (Å²) in [7, 11) is 0. The van der Waals surface area contributed by atoms with Gasteiger partial charge in [-0.3, -0.25) is 19.8 Å². The second-order valence-electron chi connectivity index (χ2n) is 28.2. The summed E-state index contributed by atoms with van der Waals surface area (Å²) < 4.78 is 54.8. The fourth-order valence-corrected chi connectivity index (χ4v) is 12.9. The highest BCUT2D eigenvalue weighted by atomic mass is 16.6. The van der Waals surface area contributed by atoms with E-state index in [0.717, 1.165) is 62.2 Å². The van der Waals surface area contributed by atoms with E-state index in [-0.39, 0.29) is 48.6 Å². The Morgan fingerprint density at radius 2 is 0.943 bits per heavy atom. The van der Waals surface area contributed by atoms with Gasteiger partial charge in [-0.1, -0.05) is 156 Å². The number of carbonyl (C=O) groups excluding carboxylic acids is 1. The normalized spacial score (nSPS) is 32.7. The lowest BCUT2D eigenvalue weighted by Crippen LogP contribution is -2.54. The van der Waals surface area contributed by atoms with Crippen LogP contribution in [0, 0.1) is 21.7 Å². The second kappa shape index (κ2) is 26.6. The minimum absolute atomic E-state index is 0.0430. The number of nitrogens with zero attached hydrogens (tertiary/aromatic N) is 3. The molecule has 13 nitrogen and oxygen atoms in total. The average molecular weight is 1180 g/mol. The molecule has 13 heteroatoms. The van der Waals surface area contributed by atoms with Crippen LogP contribution in [-0.2, 0) is 69.1 Å². The van der Waals surface area contributed by atoms with Crippen molar-refractivity contribution in [3.8, 4) is 0 Å². The van der Waals surface area contributed by atoms with Gasteiger partial charge in [0.25, 0.3) is 0 Å². The number of nitrogens with one attached hydrogen (secondary N) is 1. The molecule has 1 N–H and O–H groups in total. The monoisotopic (exact) mass is 1180 g/mol. The second-order valence-corrected chi connectivity index (χ2v) is 28.2. The van der Waals surface area contributed by atoms with Crippen LogP contribution in [0.3, 0.4) is 0 Å². The maximum absolute atomic E-state index is 13.4. The van der Waals surface area contributed by atoms with Gasteiger partial charge in [0.05, 0.1) is 111 Å². The molecule has 6 aliphatic rings. The fourth-order valence-electron chi connectivity index (χ4n) is 12.9. The Morgan fingerprint density at radius 3 is 1.40 bits per heavy atom. The van der Waals surface area contributed by atoms with Crippen molar-refractivity contribution in [1.82, 2.24) is 5.32 Å². The van der Waals surface area contributed by atoms with Gasteiger partial charge in [-0.25, -0.2) is 0 Å². The lowest BCUT2D eigenvalue weighted by atomic mass is 9.72. The van der Waals surface area contributed by atoms with Crippen LogP contribution < -0.4 is 5.32 Å². The van der Waals surface area contributed by atoms with E-state index in [2.05, 4.69) is 141 Å². The van der Waals surface area contributed by atoms with Crippen LogP contribution in [0.25, 0.3) is 0 Å². The highest BCUT2D eigenvalue weighted by Gasteiger charge is 2.54. The molecule has 0 bridgehead atoms. The van der Waals surface area contributed by atoms with Gasteiger partial charge in [0, 0.05) is 88.7 Å². The van der Waals surface area contributed by atoms with Gasteiger partial charge in [-0.2, -0.15) is 0 Å². The number of hydrogen-bond donors (Lipinski definition) is 1. The lowest BCUT2D eigenvalue weighted by molar-refractivity contribution is -0.220. The van der Waals surface area contributed by atoms with Gasteiger partial charge < -0.3 is 43.2 Å². The van der Waals surface area contributed by atoms with Gasteiger partial charge in [0.1, 0.15) is 0 Å². The van der Waals surface area contributed by atoms with E-state index in [1.165, 1.54) is 0 Å². The van der Waals surface area contributed by atoms with Crippen LogP contribution in [0.4, 0.5) is 0 Å². The molecule has 87 heavy (non-hydrogen) atoms. The predicted octanol–water partition coefficient (Wildman–Crippen LogP) is 14.6. The topological polar surface area (TPSA) is 140 Å². The van der Waals surface area contributed by atoms with Gasteiger partial charge in [0.2, 0.25) is 5.91 Å². The molecule has 464 valence electrons. The van der Waals surface area contributed by atoms with Crippen LogP contribution >= 0.6 is 0 Å². The number of hydrogen-bond acceptors (Lipinski definition) is 12. The van der Waals surface area contributed by atoms with E-state index in [4.69, 9.17) is 52.9 Å². The van der Waals surface area contributed by atoms with E-state index in [0.29, 0.717) is 78.2 Å². The molecular weight excluding hydrogens is 1090 g/mol. The molecule has 0 aromatic heterocycles. The van der Waals surface area contributed by atoms with Gasteiger partial charge in [0.15, 0.2) is 0 Å². The Morgan fingerprint density at radius 1 is 0.529 bits per heavy atom. The van der Waals surface area contributed by atoms with Crippen molar-refractivity contribution in [2.24, 2.45) is 36.6 Å². The van der Waals surface area contributed by atoms with Crippen molar-refractivity contribution in [2.45, 2.75) is 208 Å². The third kappa shape index (κ3) is 15.7. The zero-order chi connectivity index (χ0) is 61.8. The Labute approximate surface area is 517 Å². The van der Waals surface area contributed by atoms with Crippen LogP contribution in [0.5, 0.6) is 0 Å². The molecule has 12 atom stereocenters. The fraction of sp³-hybridized carbons (Fsp3) is 0.514. The Balaban J connectivity index is 0.997. The first-order valence-electron chi connectivity index (χ1n) is 31.4. The number of aliphatic imine (C=N–C) groups is 3. The van der Waals surface area contributed by atoms with Crippen LogP contribution in [0.1, 0.15) is 144 Å². The molecule has 6 aliphatic heterocycles. The quantitative estimate of drug-likeness (QED) is 0.0863. The molecule has 4 aromatic carbocycles. The summed E-state index contributed by atoms with van der Waals surface area (Å²) in [6.07, 6.45) is 7.29. The highest BCUT2D eigenvalue weighted by Crippen LogP contribution is 2.51. The zero-order valence-corrected chi connectivity index (χ0v) is 53.6. The third-order valence-electron chi connectivity index (χ3n) is 18.2. The maximum atomic E-state index is 13.4. The summed E-state index contributed by atoms with van der Waals surface area (Å²) in [5.41, 5.74) is 6.88. The lowest BCUT2D eigenvalue weighted by Gasteiger charge is -2.47. The van der Waals surface area contributed by atoms with Crippen molar-refractivity contribution in [3.63, 3.8) is 0 Å². The first kappa shape index (κ1) is 64.0. The van der Waals surface area contributed by atoms with Crippen molar-refractivity contribution >= 4 is 23.0 Å². The summed E-state index contributed by atoms with van der Waals surface area (Å²) in [6, 6.07) is 41.1. The molecular formula is C74H94N4O9. The molecule has 3 saturated heterocycles. The molecule has 10 rings (SSSR count). The van der Waals surface area contributed by atoms with Crippen molar-refractivity contribution in [3.05, 3.63) is 191 Å². The molecule has 0 spiro atoms. The van der Waals surface area contributed by atoms with Crippen molar-refractivity contribution < 1.29 is 42.7 Å². The van der Waals surface area contributed by atoms with E-state index < -0.39 is 39.0 Å². The van der Waals surface area contributed by atoms with Crippen LogP contribution in [-0.4, -0.2) is 96.3 Å². The summed E-state index contributed by atoms with van der Waals surface area (Å²) in [5, 5.41) is 3.22. The minimum Gasteiger partial charge on any atom is -0.375 e. The first-order chi connectivity index (χ1) is 41.3. The molecule has 6 heterocycles. The van der Waals surface area contributed by atoms with Gasteiger partial charge in [-0.15, -0.1) is 0 Å². The Kier molecular flexibility index (Phi) is 19.6. The number of benzene rings is 4. The standard InChI is InChI=1S/C74H94N4O9/c1-49-59(80-43-52-26-18-14-19-27-52)36-61(82-45-54-30-22-16-23-31-54)67(86-49)73(12)40-57(75-51(73)3)34-56-39-71(10,47-84-69(4,5)6)64(76-56)38-65-74(13,41-58(77-65)35-63-72(11,42-66(79)78-63)48-85-70(7,8)9)68-62(83-46-55-32-24-17-25-33-55)37-60(50(2)87-68)81-44-53-28-20-15-21-29-53/h14-35,38,49-50,59-62,67-68H,3,36-37,39-48H2,1-2,4-13H3,(H,78,79)/b56-34+,63-35-,65-38-/t49-,50-,59-,60-,61-,62-,67-,68-,71?,72?,73-,74-/m1/s1. The summed E-state index contributed by atoms with van der Waals surface area (Å²) >= 11 is 0. The molecule has 2 unspecified atom stereocenters. The van der Waals surface area contributed by atoms with Crippen molar-refractivity contribution in [1.29, 1.82) is 0 Å². The maximum Gasteiger partial charge on any atom is 0.225 e. The van der Waals surface area contributed by atoms with Crippen molar-refractivity contribution in [2.75, 3.05) is 13.2 Å². The number of carbonyl (C=O) groups is 1. The van der Waals surface area contributed by atoms with E-state index in [9.17, 15) is 4.79 Å². The Bertz CT molecular complexity index is 3240. The van der Waals surface area contributed by atoms with Gasteiger partial charge in [-0.05, 0) is 95.9 Å². The number of amides is 1. The van der Waals surface area contributed by atoms with E-state index in [1.54, 1.807) is 0 Å². The van der Waals surface area contributed by atoms with Gasteiger partial charge >= 0.3 is 0 Å². The summed E-state index contributed by atoms with van der Waals surface area (Å²) in [5.74, 6) is -0.0430. The average Bonchev–Trinajstić information content (AvgIpc) is 1.70. The Hall–Kier alpha value is -6.00. The first-order valence-corrected chi connectivity index (χ1v) is 31.4. The molecule has 1 amide bonds. The van der Waals surface area contributed by atoms with E-state index >= 15 is 0 Å². The van der Waals surface area contributed by atoms with E-state index in [1.807, 2.05) is 93.6 Å². The largest absolute Gasteiger partial charge is 0.375 e. The molecule has 0 saturated carbocycles. The molecule has 0 aliphatic carbocycles. The smallest absolute Gasteiger partial charge is 0.225 e. The number of rotatable bonds is 21. The SMILES string of the molecule is C=C1N=C(/C=C2\CC(C)(COC(C)(C)C)C(/C=C3N=C(/C=C4\NC(=O)CC4(C)COC(C)(C)C)C[C@@]\3(C)[C@@H]3O[C@H](C)[C@H](OCc4ccccc4)C[C@H]3OCc3ccccc3)=N2)C[C@@]1(C)[C@@H]1O[C@H](C)[C@H](OCc2ccccc2)C[C@H]1OCc1ccccc1. The molecule has 3 fully saturated rings. The highest BCUT2D eigenvalue weighted by molar-refractivity contribution is 6.07. The molecule has 0 radical (unpaired) electrons. The summed E-state index contributed by atoms with van der Waals surface area (Å²) in [6.45, 7) is 32.6. The molecule has 4 aromatic rings. The zero-order valence-electron chi connectivity index (χ0n) is 53.6. The van der Waals surface area contributed by atoms with Crippen LogP contribution in [0.15, 0.2) is 184 Å². The minimum atomic E-state index is -0.745. The number of ether oxygens (including phenoxy) is 8. The summed E-state index contributed by atoms with van der Waals surface area (Å²) in [4.78, 5) is 29.8. The van der Waals surface area contributed by atoms with Crippen LogP contribution in [0.2, 0.25) is 0 Å². The number of allylic oxidation sites excluding steroid dienone is 4.